The zero-order valence-corrected chi connectivity index (χ0v) is 22.2. The van der Waals surface area contributed by atoms with E-state index >= 15 is 0 Å². The Morgan fingerprint density at radius 3 is 2.61 bits per heavy atom. The number of aromatic nitrogens is 1. The summed E-state index contributed by atoms with van der Waals surface area (Å²) >= 11 is 6.54. The summed E-state index contributed by atoms with van der Waals surface area (Å²) in [5.41, 5.74) is 5.55. The summed E-state index contributed by atoms with van der Waals surface area (Å²) in [6.45, 7) is 9.54. The van der Waals surface area contributed by atoms with Gasteiger partial charge in [0.1, 0.15) is 12.4 Å². The largest absolute Gasteiger partial charge is 0.487 e. The summed E-state index contributed by atoms with van der Waals surface area (Å²) in [6, 6.07) is 18.4. The van der Waals surface area contributed by atoms with Gasteiger partial charge in [0.2, 0.25) is 0 Å². The standard InChI is InChI=1S/C31H35ClN2O2/c1-30(2,35)22-12-13-29-25(20-22)23(24-8-6-16-33-28(24)21-36-29)9-7-17-34-18-14-31(3,15-19-34)26-10-4-5-11-27(26)32/h4-6,8-13,16,20,35H,7,14-15,17-19,21H2,1-3H3/b23-9+. The maximum absolute atomic E-state index is 10.6. The lowest BCUT2D eigenvalue weighted by atomic mass is 9.74. The van der Waals surface area contributed by atoms with Crippen LogP contribution in [0.25, 0.3) is 5.57 Å². The summed E-state index contributed by atoms with van der Waals surface area (Å²) < 4.78 is 6.14. The molecule has 0 spiro atoms. The molecule has 1 aromatic heterocycles. The molecule has 2 aliphatic heterocycles. The van der Waals surface area contributed by atoms with Gasteiger partial charge in [-0.25, -0.2) is 0 Å². The number of aliphatic hydroxyl groups is 1. The van der Waals surface area contributed by atoms with E-state index in [1.165, 1.54) is 5.56 Å². The van der Waals surface area contributed by atoms with Crippen molar-refractivity contribution < 1.29 is 9.84 Å². The highest BCUT2D eigenvalue weighted by Gasteiger charge is 2.33. The fourth-order valence-corrected chi connectivity index (χ4v) is 5.80. The van der Waals surface area contributed by atoms with E-state index in [-0.39, 0.29) is 5.41 Å². The minimum atomic E-state index is -0.924. The highest BCUT2D eigenvalue weighted by Crippen LogP contribution is 2.40. The number of hydrogen-bond acceptors (Lipinski definition) is 4. The number of nitrogens with zero attached hydrogens (tertiary/aromatic N) is 2. The van der Waals surface area contributed by atoms with Crippen LogP contribution >= 0.6 is 11.6 Å². The molecule has 36 heavy (non-hydrogen) atoms. The average Bonchev–Trinajstić information content (AvgIpc) is 3.02. The second-order valence-corrected chi connectivity index (χ2v) is 11.3. The smallest absolute Gasteiger partial charge is 0.131 e. The van der Waals surface area contributed by atoms with Gasteiger partial charge in [0.05, 0.1) is 11.3 Å². The predicted octanol–water partition coefficient (Wildman–Crippen LogP) is 6.73. The summed E-state index contributed by atoms with van der Waals surface area (Å²) in [7, 11) is 0. The minimum Gasteiger partial charge on any atom is -0.487 e. The molecule has 5 rings (SSSR count). The van der Waals surface area contributed by atoms with Crippen molar-refractivity contribution in [3.63, 3.8) is 0 Å². The van der Waals surface area contributed by atoms with E-state index in [1.54, 1.807) is 0 Å². The quantitative estimate of drug-likeness (QED) is 0.420. The summed E-state index contributed by atoms with van der Waals surface area (Å²) in [6.07, 6.45) is 7.28. The topological polar surface area (TPSA) is 45.6 Å². The zero-order chi connectivity index (χ0) is 25.3. The molecule has 5 heteroatoms. The Morgan fingerprint density at radius 2 is 1.86 bits per heavy atom. The Kier molecular flexibility index (Phi) is 6.95. The second kappa shape index (κ2) is 10.0. The molecule has 2 aliphatic rings. The molecular formula is C31H35ClN2O2. The maximum atomic E-state index is 10.6. The Balaban J connectivity index is 1.36. The maximum Gasteiger partial charge on any atom is 0.131 e. The number of piperidine rings is 1. The molecule has 0 saturated carbocycles. The first-order valence-electron chi connectivity index (χ1n) is 12.9. The van der Waals surface area contributed by atoms with Crippen LogP contribution in [0.5, 0.6) is 5.75 Å². The molecule has 2 aromatic carbocycles. The fraction of sp³-hybridized carbons (Fsp3) is 0.387. The van der Waals surface area contributed by atoms with Gasteiger partial charge < -0.3 is 14.7 Å². The van der Waals surface area contributed by atoms with Crippen molar-refractivity contribution in [1.82, 2.24) is 9.88 Å². The first kappa shape index (κ1) is 25.0. The normalized spacial score (nSPS) is 18.8. The van der Waals surface area contributed by atoms with Crippen molar-refractivity contribution in [1.29, 1.82) is 0 Å². The predicted molar refractivity (Wildman–Crippen MR) is 146 cm³/mol. The van der Waals surface area contributed by atoms with Crippen LogP contribution in [-0.2, 0) is 17.6 Å². The molecule has 0 atom stereocenters. The fourth-order valence-electron chi connectivity index (χ4n) is 5.44. The van der Waals surface area contributed by atoms with Gasteiger partial charge in [-0.05, 0) is 92.6 Å². The molecule has 1 N–H and O–H groups in total. The van der Waals surface area contributed by atoms with E-state index in [2.05, 4.69) is 47.1 Å². The SMILES string of the molecule is CC(C)(O)c1ccc2c(c1)/C(=C/CCN1CCC(C)(c3ccccc3Cl)CC1)c1cccnc1CO2. The van der Waals surface area contributed by atoms with Crippen LogP contribution in [0, 0.1) is 0 Å². The van der Waals surface area contributed by atoms with Gasteiger partial charge >= 0.3 is 0 Å². The number of hydrogen-bond donors (Lipinski definition) is 1. The molecular weight excluding hydrogens is 468 g/mol. The van der Waals surface area contributed by atoms with Crippen LogP contribution in [0.3, 0.4) is 0 Å². The van der Waals surface area contributed by atoms with E-state index < -0.39 is 5.60 Å². The first-order chi connectivity index (χ1) is 17.2. The molecule has 188 valence electrons. The lowest BCUT2D eigenvalue weighted by Crippen LogP contribution is -2.41. The van der Waals surface area contributed by atoms with E-state index in [1.807, 2.05) is 50.4 Å². The molecule has 0 bridgehead atoms. The molecule has 0 unspecified atom stereocenters. The van der Waals surface area contributed by atoms with E-state index in [0.29, 0.717) is 6.61 Å². The first-order valence-corrected chi connectivity index (χ1v) is 13.2. The van der Waals surface area contributed by atoms with Crippen molar-refractivity contribution in [3.05, 3.63) is 99.8 Å². The Hall–Kier alpha value is -2.66. The minimum absolute atomic E-state index is 0.128. The number of halogens is 1. The number of ether oxygens (including phenoxy) is 1. The number of benzene rings is 2. The van der Waals surface area contributed by atoms with E-state index in [9.17, 15) is 5.11 Å². The van der Waals surface area contributed by atoms with Crippen LogP contribution in [0.15, 0.2) is 66.9 Å². The van der Waals surface area contributed by atoms with E-state index in [4.69, 9.17) is 16.3 Å². The van der Waals surface area contributed by atoms with Gasteiger partial charge in [0.25, 0.3) is 0 Å². The summed E-state index contributed by atoms with van der Waals surface area (Å²) in [5.74, 6) is 0.834. The average molecular weight is 503 g/mol. The van der Waals surface area contributed by atoms with Crippen molar-refractivity contribution in [2.45, 2.75) is 57.7 Å². The Bertz CT molecular complexity index is 1270. The highest BCUT2D eigenvalue weighted by molar-refractivity contribution is 6.31. The van der Waals surface area contributed by atoms with Gasteiger partial charge in [-0.2, -0.15) is 0 Å². The third-order valence-corrected chi connectivity index (χ3v) is 8.13. The Morgan fingerprint density at radius 1 is 1.08 bits per heavy atom. The molecule has 3 aromatic rings. The molecule has 4 nitrogen and oxygen atoms in total. The lowest BCUT2D eigenvalue weighted by molar-refractivity contribution is 0.0785. The van der Waals surface area contributed by atoms with Crippen LogP contribution in [0.1, 0.15) is 68.0 Å². The van der Waals surface area contributed by atoms with Crippen molar-refractivity contribution in [3.8, 4) is 5.75 Å². The molecule has 1 fully saturated rings. The third-order valence-electron chi connectivity index (χ3n) is 7.80. The van der Waals surface area contributed by atoms with Gasteiger partial charge in [-0.15, -0.1) is 0 Å². The number of likely N-dealkylation sites (tertiary alicyclic amines) is 1. The van der Waals surface area contributed by atoms with Crippen LogP contribution in [0.2, 0.25) is 5.02 Å². The van der Waals surface area contributed by atoms with Crippen LogP contribution in [0.4, 0.5) is 0 Å². The molecule has 1 saturated heterocycles. The van der Waals surface area contributed by atoms with E-state index in [0.717, 1.165) is 77.6 Å². The number of fused-ring (bicyclic) bond motifs is 2. The number of rotatable bonds is 5. The lowest BCUT2D eigenvalue weighted by Gasteiger charge is -2.40. The highest BCUT2D eigenvalue weighted by atomic mass is 35.5. The third kappa shape index (κ3) is 5.08. The Labute approximate surface area is 219 Å². The monoisotopic (exact) mass is 502 g/mol. The molecule has 3 heterocycles. The second-order valence-electron chi connectivity index (χ2n) is 10.8. The summed E-state index contributed by atoms with van der Waals surface area (Å²) in [5, 5.41) is 11.5. The van der Waals surface area contributed by atoms with Crippen molar-refractivity contribution >= 4 is 17.2 Å². The van der Waals surface area contributed by atoms with Crippen molar-refractivity contribution in [2.24, 2.45) is 0 Å². The van der Waals surface area contributed by atoms with Gasteiger partial charge in [-0.3, -0.25) is 4.98 Å². The van der Waals surface area contributed by atoms with Gasteiger partial charge in [0.15, 0.2) is 0 Å². The van der Waals surface area contributed by atoms with Crippen LogP contribution < -0.4 is 4.74 Å². The number of pyridine rings is 1. The van der Waals surface area contributed by atoms with Crippen molar-refractivity contribution in [2.75, 3.05) is 19.6 Å². The zero-order valence-electron chi connectivity index (χ0n) is 21.4. The van der Waals surface area contributed by atoms with Gasteiger partial charge in [0, 0.05) is 28.9 Å². The molecule has 0 aliphatic carbocycles. The summed E-state index contributed by atoms with van der Waals surface area (Å²) in [4.78, 5) is 7.15. The molecule has 0 radical (unpaired) electrons. The van der Waals surface area contributed by atoms with Gasteiger partial charge in [-0.1, -0.05) is 54.9 Å². The van der Waals surface area contributed by atoms with Crippen LogP contribution in [-0.4, -0.2) is 34.6 Å². The molecule has 0 amide bonds.